The number of hydrogen-bond donors (Lipinski definition) is 2. The van der Waals surface area contributed by atoms with Crippen LogP contribution in [0, 0.1) is 5.82 Å². The van der Waals surface area contributed by atoms with Crippen molar-refractivity contribution in [1.29, 1.82) is 0 Å². The lowest BCUT2D eigenvalue weighted by Crippen LogP contribution is -2.03. The lowest BCUT2D eigenvalue weighted by Gasteiger charge is -2.09. The minimum absolute atomic E-state index is 0.223. The van der Waals surface area contributed by atoms with Gasteiger partial charge in [0.1, 0.15) is 11.6 Å². The summed E-state index contributed by atoms with van der Waals surface area (Å²) in [5, 5.41) is 14.4. The van der Waals surface area contributed by atoms with Gasteiger partial charge in [-0.1, -0.05) is 0 Å². The first kappa shape index (κ1) is 14.8. The molecule has 2 N–H and O–H groups in total. The molecule has 1 aromatic carbocycles. The fourth-order valence-electron chi connectivity index (χ4n) is 1.99. The van der Waals surface area contributed by atoms with Crippen LogP contribution in [0.3, 0.4) is 0 Å². The molecular weight excluding hydrogens is 329 g/mol. The Morgan fingerprint density at radius 3 is 2.48 bits per heavy atom. The number of aromatic nitrogens is 4. The molecule has 3 aromatic heterocycles. The minimum Gasteiger partial charge on any atom is -0.463 e. The summed E-state index contributed by atoms with van der Waals surface area (Å²) in [4.78, 5) is 8.52. The first-order valence-corrected chi connectivity index (χ1v) is 7.13. The molecule has 10 heteroatoms. The van der Waals surface area contributed by atoms with E-state index in [1.165, 1.54) is 24.6 Å². The van der Waals surface area contributed by atoms with Crippen LogP contribution in [0.2, 0.25) is 0 Å². The summed E-state index contributed by atoms with van der Waals surface area (Å²) in [6, 6.07) is 9.29. The van der Waals surface area contributed by atoms with Gasteiger partial charge >= 0.3 is 0 Å². The molecule has 0 saturated carbocycles. The largest absolute Gasteiger partial charge is 0.463 e. The van der Waals surface area contributed by atoms with Crippen molar-refractivity contribution in [3.63, 3.8) is 0 Å². The van der Waals surface area contributed by atoms with Gasteiger partial charge in [0.15, 0.2) is 11.6 Å². The predicted octanol–water partition coefficient (Wildman–Crippen LogP) is 2.93. The summed E-state index contributed by atoms with van der Waals surface area (Å²) < 4.78 is 22.8. The topological polar surface area (TPSA) is 114 Å². The Bertz CT molecular complexity index is 1010. The molecule has 4 rings (SSSR count). The van der Waals surface area contributed by atoms with Crippen LogP contribution < -0.4 is 10.7 Å². The van der Waals surface area contributed by atoms with Gasteiger partial charge in [-0.05, 0) is 46.7 Å². The van der Waals surface area contributed by atoms with E-state index in [0.29, 0.717) is 17.3 Å². The fraction of sp³-hybridized carbons (Fsp3) is 0. The van der Waals surface area contributed by atoms with Crippen LogP contribution in [0.25, 0.3) is 11.3 Å². The van der Waals surface area contributed by atoms with E-state index in [4.69, 9.17) is 4.42 Å². The zero-order valence-corrected chi connectivity index (χ0v) is 12.5. The highest BCUT2D eigenvalue weighted by Gasteiger charge is 2.12. The fourth-order valence-corrected chi connectivity index (χ4v) is 1.99. The van der Waals surface area contributed by atoms with Crippen molar-refractivity contribution in [1.82, 2.24) is 20.3 Å². The molecule has 3 heterocycles. The van der Waals surface area contributed by atoms with Crippen molar-refractivity contribution in [2.75, 3.05) is 10.7 Å². The molecule has 0 fully saturated rings. The van der Waals surface area contributed by atoms with E-state index in [-0.39, 0.29) is 22.9 Å². The lowest BCUT2D eigenvalue weighted by atomic mass is 10.3. The van der Waals surface area contributed by atoms with Gasteiger partial charge in [-0.25, -0.2) is 14.0 Å². The van der Waals surface area contributed by atoms with Crippen LogP contribution in [-0.4, -0.2) is 26.5 Å². The van der Waals surface area contributed by atoms with E-state index in [2.05, 4.69) is 40.8 Å². The zero-order valence-electron chi connectivity index (χ0n) is 12.5. The van der Waals surface area contributed by atoms with E-state index in [1.807, 2.05) is 0 Å². The van der Waals surface area contributed by atoms with Gasteiger partial charge in [0.25, 0.3) is 0 Å². The predicted molar refractivity (Wildman–Crippen MR) is 87.0 cm³/mol. The average molecular weight is 339 g/mol. The van der Waals surface area contributed by atoms with E-state index in [0.717, 1.165) is 0 Å². The van der Waals surface area contributed by atoms with Gasteiger partial charge in [0, 0.05) is 5.69 Å². The van der Waals surface area contributed by atoms with Gasteiger partial charge in [0.05, 0.1) is 12.5 Å². The third-order valence-electron chi connectivity index (χ3n) is 3.13. The molecule has 124 valence electrons. The maximum atomic E-state index is 13.0. The van der Waals surface area contributed by atoms with Gasteiger partial charge in [-0.2, -0.15) is 10.1 Å². The molecule has 0 unspecified atom stereocenters. The number of benzene rings is 1. The third-order valence-corrected chi connectivity index (χ3v) is 3.13. The SMILES string of the molecule is Fc1ccc(Nc2nc3nonc3nc2N/N=C/c2ccco2)cc1. The second-order valence-electron chi connectivity index (χ2n) is 4.85. The first-order valence-electron chi connectivity index (χ1n) is 7.13. The molecule has 0 aliphatic rings. The Balaban J connectivity index is 1.64. The number of halogens is 1. The lowest BCUT2D eigenvalue weighted by molar-refractivity contribution is 0.314. The number of rotatable bonds is 5. The number of furan rings is 1. The number of hydrazone groups is 1. The van der Waals surface area contributed by atoms with Crippen LogP contribution in [0.1, 0.15) is 5.76 Å². The molecule has 0 saturated heterocycles. The minimum atomic E-state index is -0.339. The molecule has 0 radical (unpaired) electrons. The smallest absolute Gasteiger partial charge is 0.245 e. The summed E-state index contributed by atoms with van der Waals surface area (Å²) >= 11 is 0. The summed E-state index contributed by atoms with van der Waals surface area (Å²) in [5.41, 5.74) is 3.82. The normalized spacial score (nSPS) is 11.2. The number of hydrogen-bond acceptors (Lipinski definition) is 9. The Morgan fingerprint density at radius 1 is 1.00 bits per heavy atom. The molecule has 25 heavy (non-hydrogen) atoms. The molecule has 0 aliphatic carbocycles. The van der Waals surface area contributed by atoms with Crippen LogP contribution in [-0.2, 0) is 0 Å². The second-order valence-corrected chi connectivity index (χ2v) is 4.85. The van der Waals surface area contributed by atoms with Crippen molar-refractivity contribution in [3.05, 3.63) is 54.2 Å². The summed E-state index contributed by atoms with van der Waals surface area (Å²) in [5.74, 6) is 0.841. The number of nitrogens with zero attached hydrogens (tertiary/aromatic N) is 5. The monoisotopic (exact) mass is 339 g/mol. The van der Waals surface area contributed by atoms with Gasteiger partial charge in [-0.3, -0.25) is 5.43 Å². The number of anilines is 3. The van der Waals surface area contributed by atoms with Crippen LogP contribution >= 0.6 is 0 Å². The molecule has 0 bridgehead atoms. The van der Waals surface area contributed by atoms with Crippen molar-refractivity contribution in [2.24, 2.45) is 5.10 Å². The van der Waals surface area contributed by atoms with Crippen LogP contribution in [0.15, 0.2) is 56.8 Å². The van der Waals surface area contributed by atoms with Crippen molar-refractivity contribution in [3.8, 4) is 0 Å². The summed E-state index contributed by atoms with van der Waals surface area (Å²) in [6.45, 7) is 0. The van der Waals surface area contributed by atoms with E-state index >= 15 is 0 Å². The average Bonchev–Trinajstić information content (AvgIpc) is 3.28. The summed E-state index contributed by atoms with van der Waals surface area (Å²) in [6.07, 6.45) is 3.02. The Kier molecular flexibility index (Phi) is 3.75. The van der Waals surface area contributed by atoms with Crippen molar-refractivity contribution in [2.45, 2.75) is 0 Å². The molecule has 0 spiro atoms. The van der Waals surface area contributed by atoms with Gasteiger partial charge in [-0.15, -0.1) is 0 Å². The Labute approximate surface area is 139 Å². The molecule has 0 atom stereocenters. The molecule has 0 amide bonds. The van der Waals surface area contributed by atoms with E-state index < -0.39 is 0 Å². The van der Waals surface area contributed by atoms with Crippen LogP contribution in [0.4, 0.5) is 21.7 Å². The maximum Gasteiger partial charge on any atom is 0.245 e. The van der Waals surface area contributed by atoms with E-state index in [1.54, 1.807) is 24.3 Å². The molecular formula is C15H10FN7O2. The van der Waals surface area contributed by atoms with Crippen LogP contribution in [0.5, 0.6) is 0 Å². The van der Waals surface area contributed by atoms with Crippen molar-refractivity contribution >= 4 is 34.8 Å². The quantitative estimate of drug-likeness (QED) is 0.421. The highest BCUT2D eigenvalue weighted by Crippen LogP contribution is 2.23. The highest BCUT2D eigenvalue weighted by molar-refractivity contribution is 5.79. The molecule has 0 aliphatic heterocycles. The zero-order chi connectivity index (χ0) is 17.1. The second kappa shape index (κ2) is 6.35. The Hall–Kier alpha value is -3.82. The summed E-state index contributed by atoms with van der Waals surface area (Å²) in [7, 11) is 0. The van der Waals surface area contributed by atoms with E-state index in [9.17, 15) is 4.39 Å². The number of nitrogens with one attached hydrogen (secondary N) is 2. The molecule has 9 nitrogen and oxygen atoms in total. The Morgan fingerprint density at radius 2 is 1.76 bits per heavy atom. The standard InChI is InChI=1S/C15H10FN7O2/c16-9-3-5-10(6-4-9)18-12-13(20-15-14(19-12)22-25-23-15)21-17-8-11-2-1-7-24-11/h1-8H,(H,18,19,22)(H,20,21,23)/b17-8+. The van der Waals surface area contributed by atoms with Gasteiger partial charge < -0.3 is 9.73 Å². The molecule has 4 aromatic rings. The first-order chi connectivity index (χ1) is 12.3. The maximum absolute atomic E-state index is 13.0. The highest BCUT2D eigenvalue weighted by atomic mass is 19.1. The third kappa shape index (κ3) is 3.27. The van der Waals surface area contributed by atoms with Gasteiger partial charge in [0.2, 0.25) is 11.3 Å². The number of fused-ring (bicyclic) bond motifs is 1. The van der Waals surface area contributed by atoms with Crippen molar-refractivity contribution < 1.29 is 13.4 Å².